The van der Waals surface area contributed by atoms with Crippen LogP contribution >= 0.6 is 0 Å². The molecule has 0 aliphatic carbocycles. The summed E-state index contributed by atoms with van der Waals surface area (Å²) >= 11 is 0. The summed E-state index contributed by atoms with van der Waals surface area (Å²) in [6, 6.07) is 0. The maximum absolute atomic E-state index is 10.3. The first-order valence-corrected chi connectivity index (χ1v) is 7.79. The van der Waals surface area contributed by atoms with Crippen LogP contribution in [0.2, 0.25) is 0 Å². The minimum Gasteiger partial charge on any atom is -0.390 e. The molecule has 0 aromatic carbocycles. The highest BCUT2D eigenvalue weighted by Crippen LogP contribution is 2.23. The van der Waals surface area contributed by atoms with Gasteiger partial charge in [0.15, 0.2) is 11.5 Å². The number of fused-ring (bicyclic) bond motifs is 1. The highest BCUT2D eigenvalue weighted by Gasteiger charge is 2.24. The molecule has 0 saturated carbocycles. The lowest BCUT2D eigenvalue weighted by atomic mass is 10.3. The minimum absolute atomic E-state index is 0.205. The first-order chi connectivity index (χ1) is 10.7. The third-order valence-electron chi connectivity index (χ3n) is 4.00. The van der Waals surface area contributed by atoms with Gasteiger partial charge in [0.1, 0.15) is 5.52 Å². The number of nitrogens with two attached hydrogens (primary N) is 1. The first kappa shape index (κ1) is 15.0. The lowest BCUT2D eigenvalue weighted by Crippen LogP contribution is -2.34. The van der Waals surface area contributed by atoms with Gasteiger partial charge >= 0.3 is 0 Å². The van der Waals surface area contributed by atoms with Gasteiger partial charge < -0.3 is 20.7 Å². The summed E-state index contributed by atoms with van der Waals surface area (Å²) in [5.41, 5.74) is 7.11. The zero-order valence-corrected chi connectivity index (χ0v) is 12.9. The van der Waals surface area contributed by atoms with Crippen molar-refractivity contribution in [3.8, 4) is 0 Å². The monoisotopic (exact) mass is 305 g/mol. The van der Waals surface area contributed by atoms with E-state index in [1.54, 1.807) is 6.33 Å². The Kier molecular flexibility index (Phi) is 4.39. The quantitative estimate of drug-likeness (QED) is 0.741. The number of nitrogens with one attached hydrogen (secondary N) is 1. The fraction of sp³-hybridized carbons (Fsp3) is 0.643. The number of hydrogen-bond donors (Lipinski definition) is 3. The highest BCUT2D eigenvalue weighted by atomic mass is 16.3. The van der Waals surface area contributed by atoms with Gasteiger partial charge in [-0.25, -0.2) is 4.98 Å². The molecule has 1 unspecified atom stereocenters. The van der Waals surface area contributed by atoms with Gasteiger partial charge in [-0.15, -0.1) is 0 Å². The molecule has 0 radical (unpaired) electrons. The largest absolute Gasteiger partial charge is 0.390 e. The van der Waals surface area contributed by atoms with E-state index >= 15 is 0 Å². The Morgan fingerprint density at radius 3 is 3.05 bits per heavy atom. The summed E-state index contributed by atoms with van der Waals surface area (Å²) in [4.78, 5) is 20.1. The second-order valence-corrected chi connectivity index (χ2v) is 5.76. The van der Waals surface area contributed by atoms with Crippen molar-refractivity contribution in [1.82, 2.24) is 24.8 Å². The van der Waals surface area contributed by atoms with Crippen LogP contribution in [0.5, 0.6) is 0 Å². The summed E-state index contributed by atoms with van der Waals surface area (Å²) in [5, 5.41) is 10.3. The third kappa shape index (κ3) is 3.12. The average molecular weight is 305 g/mol. The van der Waals surface area contributed by atoms with Gasteiger partial charge in [0, 0.05) is 26.2 Å². The molecule has 22 heavy (non-hydrogen) atoms. The number of aliphatic hydroxyl groups is 1. The molecule has 2 aromatic heterocycles. The molecule has 1 aliphatic rings. The third-order valence-corrected chi connectivity index (χ3v) is 4.00. The van der Waals surface area contributed by atoms with E-state index in [4.69, 9.17) is 5.73 Å². The Hall–Kier alpha value is -1.93. The van der Waals surface area contributed by atoms with E-state index in [9.17, 15) is 5.11 Å². The van der Waals surface area contributed by atoms with E-state index in [2.05, 4.69) is 36.7 Å². The van der Waals surface area contributed by atoms with Crippen LogP contribution in [0.1, 0.15) is 19.8 Å². The molecular formula is C14H23N7O. The lowest BCUT2D eigenvalue weighted by Gasteiger charge is -2.23. The number of imidazole rings is 1. The van der Waals surface area contributed by atoms with Crippen molar-refractivity contribution >= 4 is 22.9 Å². The molecule has 2 aromatic rings. The van der Waals surface area contributed by atoms with Gasteiger partial charge in [0.2, 0.25) is 5.95 Å². The van der Waals surface area contributed by atoms with Crippen molar-refractivity contribution in [2.24, 2.45) is 0 Å². The molecule has 3 rings (SSSR count). The van der Waals surface area contributed by atoms with Crippen LogP contribution < -0.4 is 10.6 Å². The molecule has 8 nitrogen and oxygen atoms in total. The van der Waals surface area contributed by atoms with Crippen molar-refractivity contribution in [1.29, 1.82) is 0 Å². The number of rotatable bonds is 4. The molecule has 0 bridgehead atoms. The van der Waals surface area contributed by atoms with Crippen LogP contribution in [0.15, 0.2) is 6.33 Å². The van der Waals surface area contributed by atoms with E-state index in [0.29, 0.717) is 18.7 Å². The first-order valence-electron chi connectivity index (χ1n) is 7.79. The molecule has 1 saturated heterocycles. The Morgan fingerprint density at radius 2 is 2.23 bits per heavy atom. The number of nitrogens with zero attached hydrogens (tertiary/aromatic N) is 5. The summed E-state index contributed by atoms with van der Waals surface area (Å²) in [6.07, 6.45) is 3.49. The maximum atomic E-state index is 10.3. The van der Waals surface area contributed by atoms with Crippen molar-refractivity contribution in [2.45, 2.75) is 25.9 Å². The van der Waals surface area contributed by atoms with Crippen LogP contribution in [-0.2, 0) is 0 Å². The number of aromatic nitrogens is 4. The zero-order valence-electron chi connectivity index (χ0n) is 12.9. The summed E-state index contributed by atoms with van der Waals surface area (Å²) in [5.74, 6) is 0.924. The maximum Gasteiger partial charge on any atom is 0.224 e. The summed E-state index contributed by atoms with van der Waals surface area (Å²) < 4.78 is 0. The van der Waals surface area contributed by atoms with Crippen LogP contribution in [0.3, 0.4) is 0 Å². The van der Waals surface area contributed by atoms with E-state index in [0.717, 1.165) is 43.8 Å². The number of aliphatic hydroxyl groups excluding tert-OH is 1. The normalized spacial score (nSPS) is 20.5. The Bertz CT molecular complexity index is 629. The molecule has 1 fully saturated rings. The molecular weight excluding hydrogens is 282 g/mol. The number of anilines is 2. The highest BCUT2D eigenvalue weighted by molar-refractivity contribution is 5.84. The zero-order chi connectivity index (χ0) is 15.5. The van der Waals surface area contributed by atoms with Crippen molar-refractivity contribution in [3.05, 3.63) is 6.33 Å². The predicted octanol–water partition coefficient (Wildman–Crippen LogP) is 0.218. The van der Waals surface area contributed by atoms with Gasteiger partial charge in [-0.2, -0.15) is 9.97 Å². The number of nitrogen functional groups attached to an aromatic ring is 1. The second kappa shape index (κ2) is 6.45. The standard InChI is InChI=1S/C14H23N7O/c1-2-3-4-20-5-6-21(8-10(22)7-20)13-11-12(17-9-16-11)18-14(15)19-13/h9-10,22H,2-8H2,1H3,(H3,15,16,17,18,19). The number of β-amino-alcohol motifs (C(OH)–C–C–N with tert-alkyl or cyclic N) is 1. The number of aromatic amines is 1. The molecule has 0 amide bonds. The van der Waals surface area contributed by atoms with Gasteiger partial charge in [-0.05, 0) is 13.0 Å². The Balaban J connectivity index is 1.83. The van der Waals surface area contributed by atoms with Crippen LogP contribution in [0, 0.1) is 0 Å². The van der Waals surface area contributed by atoms with Crippen LogP contribution in [-0.4, -0.2) is 68.8 Å². The van der Waals surface area contributed by atoms with Gasteiger partial charge in [-0.3, -0.25) is 4.90 Å². The molecule has 3 heterocycles. The Labute approximate surface area is 129 Å². The van der Waals surface area contributed by atoms with Crippen molar-refractivity contribution in [3.63, 3.8) is 0 Å². The molecule has 1 aliphatic heterocycles. The number of unbranched alkanes of at least 4 members (excludes halogenated alkanes) is 1. The van der Waals surface area contributed by atoms with Crippen molar-refractivity contribution < 1.29 is 5.11 Å². The molecule has 1 atom stereocenters. The van der Waals surface area contributed by atoms with E-state index < -0.39 is 6.10 Å². The summed E-state index contributed by atoms with van der Waals surface area (Å²) in [6.45, 7) is 6.13. The van der Waals surface area contributed by atoms with Crippen LogP contribution in [0.4, 0.5) is 11.8 Å². The molecule has 4 N–H and O–H groups in total. The Morgan fingerprint density at radius 1 is 1.36 bits per heavy atom. The average Bonchev–Trinajstić information content (AvgIpc) is 2.87. The van der Waals surface area contributed by atoms with E-state index in [-0.39, 0.29) is 5.95 Å². The lowest BCUT2D eigenvalue weighted by molar-refractivity contribution is 0.132. The number of hydrogen-bond acceptors (Lipinski definition) is 7. The SMILES string of the molecule is CCCCN1CCN(c2nc(N)nc3nc[nH]c23)CC(O)C1. The topological polar surface area (TPSA) is 107 Å². The van der Waals surface area contributed by atoms with Gasteiger partial charge in [0.05, 0.1) is 12.4 Å². The molecule has 120 valence electrons. The second-order valence-electron chi connectivity index (χ2n) is 5.76. The minimum atomic E-state index is -0.409. The predicted molar refractivity (Wildman–Crippen MR) is 85.7 cm³/mol. The number of H-pyrrole nitrogens is 1. The molecule has 0 spiro atoms. The van der Waals surface area contributed by atoms with Crippen LogP contribution in [0.25, 0.3) is 11.2 Å². The molecule has 8 heteroatoms. The van der Waals surface area contributed by atoms with Crippen molar-refractivity contribution in [2.75, 3.05) is 43.4 Å². The van der Waals surface area contributed by atoms with Gasteiger partial charge in [-0.1, -0.05) is 13.3 Å². The fourth-order valence-corrected chi connectivity index (χ4v) is 2.90. The van der Waals surface area contributed by atoms with E-state index in [1.165, 1.54) is 0 Å². The fourth-order valence-electron chi connectivity index (χ4n) is 2.90. The summed E-state index contributed by atoms with van der Waals surface area (Å²) in [7, 11) is 0. The smallest absolute Gasteiger partial charge is 0.224 e. The van der Waals surface area contributed by atoms with E-state index in [1.807, 2.05) is 0 Å². The van der Waals surface area contributed by atoms with Gasteiger partial charge in [0.25, 0.3) is 0 Å².